The van der Waals surface area contributed by atoms with Crippen LogP contribution in [-0.2, 0) is 9.59 Å². The third-order valence-electron chi connectivity index (χ3n) is 3.76. The molecule has 1 unspecified atom stereocenters. The van der Waals surface area contributed by atoms with Crippen LogP contribution in [0, 0.1) is 6.92 Å². The normalized spacial score (nSPS) is 16.4. The predicted octanol–water partition coefficient (Wildman–Crippen LogP) is 0.905. The van der Waals surface area contributed by atoms with E-state index in [1.165, 1.54) is 18.6 Å². The van der Waals surface area contributed by atoms with Gasteiger partial charge in [-0.05, 0) is 31.5 Å². The molecule has 1 aliphatic rings. The summed E-state index contributed by atoms with van der Waals surface area (Å²) in [7, 11) is 0. The summed E-state index contributed by atoms with van der Waals surface area (Å²) < 4.78 is 0. The number of anilines is 1. The molecule has 10 nitrogen and oxygen atoms in total. The summed E-state index contributed by atoms with van der Waals surface area (Å²) in [5.41, 5.74) is 7.02. The van der Waals surface area contributed by atoms with E-state index in [2.05, 4.69) is 20.3 Å². The van der Waals surface area contributed by atoms with E-state index in [4.69, 9.17) is 10.8 Å². The SMILES string of the molecule is CC(NC(=O)N1C(=O)C[C@H]1C(=O)O)c1cnccn1.Cc1ccnc(N)c1. The Morgan fingerprint density at radius 3 is 2.56 bits per heavy atom. The Bertz CT molecular complexity index is 812. The van der Waals surface area contributed by atoms with E-state index >= 15 is 0 Å². The van der Waals surface area contributed by atoms with Crippen molar-refractivity contribution in [2.24, 2.45) is 0 Å². The number of urea groups is 1. The van der Waals surface area contributed by atoms with Gasteiger partial charge in [-0.25, -0.2) is 19.5 Å². The van der Waals surface area contributed by atoms with Crippen LogP contribution in [0.3, 0.4) is 0 Å². The topological polar surface area (TPSA) is 151 Å². The number of hydrogen-bond acceptors (Lipinski definition) is 7. The van der Waals surface area contributed by atoms with Gasteiger partial charge in [0, 0.05) is 18.6 Å². The summed E-state index contributed by atoms with van der Waals surface area (Å²) in [5.74, 6) is -1.11. The van der Waals surface area contributed by atoms with E-state index < -0.39 is 30.0 Å². The van der Waals surface area contributed by atoms with Crippen molar-refractivity contribution in [1.29, 1.82) is 0 Å². The predicted molar refractivity (Wildman–Crippen MR) is 95.3 cm³/mol. The number of imide groups is 1. The fourth-order valence-corrected chi connectivity index (χ4v) is 2.29. The van der Waals surface area contributed by atoms with Gasteiger partial charge in [-0.15, -0.1) is 0 Å². The van der Waals surface area contributed by atoms with Crippen LogP contribution in [0.1, 0.15) is 30.6 Å². The van der Waals surface area contributed by atoms with Crippen molar-refractivity contribution >= 4 is 23.7 Å². The van der Waals surface area contributed by atoms with E-state index in [1.54, 1.807) is 13.1 Å². The lowest BCUT2D eigenvalue weighted by Crippen LogP contribution is -2.61. The molecule has 0 aromatic carbocycles. The fraction of sp³-hybridized carbons (Fsp3) is 0.294. The summed E-state index contributed by atoms with van der Waals surface area (Å²) in [6.07, 6.45) is 6.01. The number of amides is 3. The highest BCUT2D eigenvalue weighted by Gasteiger charge is 2.45. The molecule has 0 bridgehead atoms. The Balaban J connectivity index is 0.000000273. The number of nitrogens with zero attached hydrogens (tertiary/aromatic N) is 4. The Morgan fingerprint density at radius 2 is 2.07 bits per heavy atom. The summed E-state index contributed by atoms with van der Waals surface area (Å²) in [4.78, 5) is 46.3. The van der Waals surface area contributed by atoms with Crippen LogP contribution < -0.4 is 11.1 Å². The number of carbonyl (C=O) groups excluding carboxylic acids is 2. The highest BCUT2D eigenvalue weighted by molar-refractivity contribution is 6.05. The second-order valence-electron chi connectivity index (χ2n) is 5.88. The highest BCUT2D eigenvalue weighted by atomic mass is 16.4. The van der Waals surface area contributed by atoms with Crippen molar-refractivity contribution < 1.29 is 19.5 Å². The van der Waals surface area contributed by atoms with Crippen LogP contribution in [0.2, 0.25) is 0 Å². The molecule has 3 heterocycles. The standard InChI is InChI=1S/C11H12N4O4.C6H8N2/c1-6(7-5-12-2-3-13-7)14-11(19)15-8(10(17)18)4-9(15)16;1-5-2-3-8-6(7)4-5/h2-3,5-6,8H,4H2,1H3,(H,14,19)(H,17,18);2-4H,1H3,(H2,7,8)/t6?,8-;/m0./s1. The monoisotopic (exact) mass is 372 g/mol. The number of nitrogen functional groups attached to an aromatic ring is 1. The van der Waals surface area contributed by atoms with Gasteiger partial charge >= 0.3 is 12.0 Å². The van der Waals surface area contributed by atoms with E-state index in [9.17, 15) is 14.4 Å². The zero-order valence-electron chi connectivity index (χ0n) is 14.9. The summed E-state index contributed by atoms with van der Waals surface area (Å²) in [6, 6.07) is 1.46. The number of nitrogens with one attached hydrogen (secondary N) is 1. The molecule has 1 fully saturated rings. The van der Waals surface area contributed by atoms with Crippen LogP contribution in [-0.4, -0.2) is 48.9 Å². The van der Waals surface area contributed by atoms with Crippen molar-refractivity contribution in [2.75, 3.05) is 5.73 Å². The molecular weight excluding hydrogens is 352 g/mol. The molecule has 3 amide bonds. The molecule has 0 spiro atoms. The van der Waals surface area contributed by atoms with Crippen LogP contribution in [0.15, 0.2) is 36.9 Å². The number of carboxylic acids is 1. The summed E-state index contributed by atoms with van der Waals surface area (Å²) in [5, 5.41) is 11.3. The van der Waals surface area contributed by atoms with E-state index in [-0.39, 0.29) is 6.42 Å². The number of carboxylic acid groups (broad SMARTS) is 1. The molecule has 4 N–H and O–H groups in total. The van der Waals surface area contributed by atoms with Gasteiger partial charge < -0.3 is 16.2 Å². The Labute approximate surface area is 155 Å². The number of nitrogens with two attached hydrogens (primary N) is 1. The van der Waals surface area contributed by atoms with Crippen LogP contribution in [0.5, 0.6) is 0 Å². The van der Waals surface area contributed by atoms with Crippen molar-refractivity contribution in [3.8, 4) is 0 Å². The molecule has 27 heavy (non-hydrogen) atoms. The number of aromatic nitrogens is 3. The zero-order valence-corrected chi connectivity index (χ0v) is 14.9. The molecule has 2 atom stereocenters. The van der Waals surface area contributed by atoms with Gasteiger partial charge in [0.15, 0.2) is 0 Å². The minimum atomic E-state index is -1.19. The third-order valence-corrected chi connectivity index (χ3v) is 3.76. The maximum Gasteiger partial charge on any atom is 0.327 e. The molecule has 2 aromatic heterocycles. The number of β-lactam (4-membered cyclic amide) rings is 1. The van der Waals surface area contributed by atoms with Crippen LogP contribution >= 0.6 is 0 Å². The van der Waals surface area contributed by atoms with Crippen molar-refractivity contribution in [3.63, 3.8) is 0 Å². The number of aryl methyl sites for hydroxylation is 1. The average molecular weight is 372 g/mol. The lowest BCUT2D eigenvalue weighted by Gasteiger charge is -2.35. The largest absolute Gasteiger partial charge is 0.480 e. The van der Waals surface area contributed by atoms with E-state index in [1.807, 2.05) is 19.1 Å². The molecule has 1 saturated heterocycles. The van der Waals surface area contributed by atoms with Gasteiger partial charge in [-0.3, -0.25) is 14.8 Å². The lowest BCUT2D eigenvalue weighted by molar-refractivity contribution is -0.157. The quantitative estimate of drug-likeness (QED) is 0.672. The molecule has 2 aromatic rings. The fourth-order valence-electron chi connectivity index (χ4n) is 2.29. The van der Waals surface area contributed by atoms with Crippen LogP contribution in [0.25, 0.3) is 0 Å². The van der Waals surface area contributed by atoms with E-state index in [0.717, 1.165) is 5.56 Å². The highest BCUT2D eigenvalue weighted by Crippen LogP contribution is 2.20. The first-order valence-electron chi connectivity index (χ1n) is 8.09. The van der Waals surface area contributed by atoms with E-state index in [0.29, 0.717) is 16.4 Å². The second-order valence-corrected chi connectivity index (χ2v) is 5.88. The lowest BCUT2D eigenvalue weighted by atomic mass is 10.0. The molecule has 142 valence electrons. The summed E-state index contributed by atoms with van der Waals surface area (Å²) in [6.45, 7) is 3.65. The molecule has 10 heteroatoms. The van der Waals surface area contributed by atoms with Crippen LogP contribution in [0.4, 0.5) is 10.6 Å². The minimum absolute atomic E-state index is 0.151. The number of likely N-dealkylation sites (tertiary alicyclic amines) is 1. The van der Waals surface area contributed by atoms with Crippen molar-refractivity contribution in [3.05, 3.63) is 48.2 Å². The van der Waals surface area contributed by atoms with Gasteiger partial charge in [0.1, 0.15) is 11.9 Å². The van der Waals surface area contributed by atoms with Gasteiger partial charge in [0.2, 0.25) is 5.91 Å². The van der Waals surface area contributed by atoms with Crippen molar-refractivity contribution in [1.82, 2.24) is 25.2 Å². The Morgan fingerprint density at radius 1 is 1.33 bits per heavy atom. The average Bonchev–Trinajstić information content (AvgIpc) is 2.60. The Hall–Kier alpha value is -3.56. The molecule has 0 saturated carbocycles. The molecule has 3 rings (SSSR count). The number of rotatable bonds is 3. The van der Waals surface area contributed by atoms with Gasteiger partial charge in [0.25, 0.3) is 0 Å². The zero-order chi connectivity index (χ0) is 20.0. The third kappa shape index (κ3) is 5.21. The second kappa shape index (κ2) is 8.70. The summed E-state index contributed by atoms with van der Waals surface area (Å²) >= 11 is 0. The number of hydrogen-bond donors (Lipinski definition) is 3. The van der Waals surface area contributed by atoms with Gasteiger partial charge in [0.05, 0.1) is 24.4 Å². The maximum atomic E-state index is 11.8. The Kier molecular flexibility index (Phi) is 6.36. The first-order chi connectivity index (χ1) is 12.8. The first kappa shape index (κ1) is 19.8. The molecule has 0 aliphatic carbocycles. The van der Waals surface area contributed by atoms with Gasteiger partial charge in [-0.2, -0.15) is 0 Å². The molecule has 1 aliphatic heterocycles. The molecular formula is C17H20N6O4. The maximum absolute atomic E-state index is 11.8. The number of aliphatic carboxylic acids is 1. The number of carbonyl (C=O) groups is 3. The number of pyridine rings is 1. The van der Waals surface area contributed by atoms with Crippen molar-refractivity contribution in [2.45, 2.75) is 32.4 Å². The first-order valence-corrected chi connectivity index (χ1v) is 8.09. The molecule has 0 radical (unpaired) electrons. The van der Waals surface area contributed by atoms with Gasteiger partial charge in [-0.1, -0.05) is 0 Å². The smallest absolute Gasteiger partial charge is 0.327 e. The minimum Gasteiger partial charge on any atom is -0.480 e.